The molecule has 1 rings (SSSR count). The van der Waals surface area contributed by atoms with Crippen LogP contribution >= 0.6 is 0 Å². The average molecular weight is 281 g/mol. The number of rotatable bonds is 6. The van der Waals surface area contributed by atoms with Gasteiger partial charge in [0.05, 0.1) is 20.1 Å². The number of hydrogen-bond acceptors (Lipinski definition) is 5. The van der Waals surface area contributed by atoms with Crippen molar-refractivity contribution in [2.45, 2.75) is 26.3 Å². The highest BCUT2D eigenvalue weighted by atomic mass is 16.5. The van der Waals surface area contributed by atoms with E-state index in [0.29, 0.717) is 18.2 Å². The Labute approximate surface area is 117 Å². The minimum Gasteiger partial charge on any atom is -0.480 e. The number of urea groups is 1. The number of methoxy groups -OCH3 is 1. The fourth-order valence-electron chi connectivity index (χ4n) is 1.55. The Kier molecular flexibility index (Phi) is 6.28. The third-order valence-electron chi connectivity index (χ3n) is 2.37. The topological polar surface area (TPSA) is 89.5 Å². The van der Waals surface area contributed by atoms with Crippen LogP contribution in [0.3, 0.4) is 0 Å². The predicted molar refractivity (Wildman–Crippen MR) is 73.7 cm³/mol. The highest BCUT2D eigenvalue weighted by molar-refractivity contribution is 5.90. The zero-order valence-corrected chi connectivity index (χ0v) is 11.8. The Morgan fingerprint density at radius 3 is 2.85 bits per heavy atom. The Hall–Kier alpha value is -2.31. The van der Waals surface area contributed by atoms with Crippen LogP contribution in [0.2, 0.25) is 0 Å². The first-order valence-corrected chi connectivity index (χ1v) is 6.29. The minimum absolute atomic E-state index is 0.117. The van der Waals surface area contributed by atoms with E-state index in [9.17, 15) is 9.59 Å². The minimum atomic E-state index is -0.437. The van der Waals surface area contributed by atoms with Crippen molar-refractivity contribution in [1.82, 2.24) is 10.3 Å². The van der Waals surface area contributed by atoms with E-state index in [0.717, 1.165) is 0 Å². The van der Waals surface area contributed by atoms with E-state index in [1.807, 2.05) is 0 Å². The van der Waals surface area contributed by atoms with Crippen LogP contribution < -0.4 is 15.4 Å². The van der Waals surface area contributed by atoms with Crippen LogP contribution in [0.15, 0.2) is 18.3 Å². The van der Waals surface area contributed by atoms with E-state index in [4.69, 9.17) is 9.47 Å². The van der Waals surface area contributed by atoms with Crippen LogP contribution in [0.4, 0.5) is 10.5 Å². The second kappa shape index (κ2) is 7.98. The highest BCUT2D eigenvalue weighted by Gasteiger charge is 2.14. The monoisotopic (exact) mass is 281 g/mol. The molecular weight excluding hydrogens is 262 g/mol. The van der Waals surface area contributed by atoms with Crippen molar-refractivity contribution < 1.29 is 19.1 Å². The number of ether oxygens (including phenoxy) is 2. The highest BCUT2D eigenvalue weighted by Crippen LogP contribution is 2.19. The van der Waals surface area contributed by atoms with Crippen molar-refractivity contribution in [3.8, 4) is 5.88 Å². The van der Waals surface area contributed by atoms with Crippen LogP contribution in [-0.2, 0) is 9.53 Å². The number of nitrogens with one attached hydrogen (secondary N) is 2. The molecule has 110 valence electrons. The molecule has 0 aliphatic heterocycles. The number of anilines is 1. The van der Waals surface area contributed by atoms with E-state index >= 15 is 0 Å². The smallest absolute Gasteiger partial charge is 0.319 e. The van der Waals surface area contributed by atoms with Gasteiger partial charge in [0.2, 0.25) is 5.88 Å². The van der Waals surface area contributed by atoms with E-state index in [1.54, 1.807) is 32.2 Å². The Balaban J connectivity index is 2.49. The summed E-state index contributed by atoms with van der Waals surface area (Å²) in [7, 11) is 1.47. The third-order valence-corrected chi connectivity index (χ3v) is 2.37. The molecule has 0 aliphatic carbocycles. The summed E-state index contributed by atoms with van der Waals surface area (Å²) in [6, 6.07) is 2.58. The quantitative estimate of drug-likeness (QED) is 0.772. The van der Waals surface area contributed by atoms with E-state index in [-0.39, 0.29) is 18.4 Å². The van der Waals surface area contributed by atoms with Crippen LogP contribution in [0.1, 0.15) is 20.3 Å². The summed E-state index contributed by atoms with van der Waals surface area (Å²) >= 11 is 0. The number of esters is 1. The molecule has 1 atom stereocenters. The molecule has 0 saturated carbocycles. The lowest BCUT2D eigenvalue weighted by molar-refractivity contribution is -0.143. The number of amides is 2. The van der Waals surface area contributed by atoms with E-state index in [1.165, 1.54) is 7.11 Å². The molecule has 1 unspecified atom stereocenters. The molecule has 0 aromatic carbocycles. The van der Waals surface area contributed by atoms with Gasteiger partial charge in [-0.2, -0.15) is 0 Å². The zero-order valence-electron chi connectivity index (χ0n) is 11.8. The summed E-state index contributed by atoms with van der Waals surface area (Å²) in [4.78, 5) is 27.0. The van der Waals surface area contributed by atoms with Crippen molar-refractivity contribution in [2.75, 3.05) is 19.0 Å². The van der Waals surface area contributed by atoms with Gasteiger partial charge in [0.15, 0.2) is 0 Å². The maximum atomic E-state index is 11.8. The van der Waals surface area contributed by atoms with Crippen molar-refractivity contribution in [3.05, 3.63) is 18.3 Å². The summed E-state index contributed by atoms with van der Waals surface area (Å²) in [6.45, 7) is 3.78. The maximum Gasteiger partial charge on any atom is 0.319 e. The lowest BCUT2D eigenvalue weighted by Gasteiger charge is -2.14. The summed E-state index contributed by atoms with van der Waals surface area (Å²) in [5, 5.41) is 5.24. The van der Waals surface area contributed by atoms with Crippen LogP contribution in [0, 0.1) is 0 Å². The second-order valence-corrected chi connectivity index (χ2v) is 4.07. The lowest BCUT2D eigenvalue weighted by atomic mass is 10.2. The lowest BCUT2D eigenvalue weighted by Crippen LogP contribution is -2.37. The standard InChI is InChI=1S/C13H19N3O4/c1-4-20-11(17)8-9(2)15-13(18)16-10-6-5-7-14-12(10)19-3/h5-7,9H,4,8H2,1-3H3,(H2,15,16,18). The molecule has 0 bridgehead atoms. The number of hydrogen-bond donors (Lipinski definition) is 2. The summed E-state index contributed by atoms with van der Waals surface area (Å²) in [5.74, 6) is -0.0278. The van der Waals surface area contributed by atoms with Gasteiger partial charge in [0.25, 0.3) is 0 Å². The van der Waals surface area contributed by atoms with Gasteiger partial charge in [-0.1, -0.05) is 0 Å². The van der Waals surface area contributed by atoms with E-state index < -0.39 is 6.03 Å². The molecule has 1 aromatic rings. The molecule has 2 N–H and O–H groups in total. The fraction of sp³-hybridized carbons (Fsp3) is 0.462. The molecule has 7 nitrogen and oxygen atoms in total. The number of carbonyl (C=O) groups is 2. The summed E-state index contributed by atoms with van der Waals surface area (Å²) in [6.07, 6.45) is 1.68. The third kappa shape index (κ3) is 5.13. The summed E-state index contributed by atoms with van der Waals surface area (Å²) in [5.41, 5.74) is 0.454. The van der Waals surface area contributed by atoms with Crippen LogP contribution in [0.25, 0.3) is 0 Å². The number of pyridine rings is 1. The molecular formula is C13H19N3O4. The largest absolute Gasteiger partial charge is 0.480 e. The van der Waals surface area contributed by atoms with Gasteiger partial charge in [-0.05, 0) is 26.0 Å². The fourth-order valence-corrected chi connectivity index (χ4v) is 1.55. The number of nitrogens with zero attached hydrogens (tertiary/aromatic N) is 1. The van der Waals surface area contributed by atoms with Crippen molar-refractivity contribution in [3.63, 3.8) is 0 Å². The zero-order chi connectivity index (χ0) is 15.0. The van der Waals surface area contributed by atoms with Gasteiger partial charge in [-0.15, -0.1) is 0 Å². The van der Waals surface area contributed by atoms with Crippen LogP contribution in [-0.4, -0.2) is 36.7 Å². The molecule has 1 aromatic heterocycles. The van der Waals surface area contributed by atoms with Gasteiger partial charge >= 0.3 is 12.0 Å². The number of carbonyl (C=O) groups excluding carboxylic acids is 2. The number of aromatic nitrogens is 1. The summed E-state index contributed by atoms with van der Waals surface area (Å²) < 4.78 is 9.83. The molecule has 0 spiro atoms. The van der Waals surface area contributed by atoms with Crippen molar-refractivity contribution in [2.24, 2.45) is 0 Å². The SMILES string of the molecule is CCOC(=O)CC(C)NC(=O)Nc1cccnc1OC. The molecule has 20 heavy (non-hydrogen) atoms. The van der Waals surface area contributed by atoms with Gasteiger partial charge in [0.1, 0.15) is 5.69 Å². The maximum absolute atomic E-state index is 11.8. The molecule has 0 radical (unpaired) electrons. The molecule has 0 aliphatic rings. The predicted octanol–water partition coefficient (Wildman–Crippen LogP) is 1.55. The second-order valence-electron chi connectivity index (χ2n) is 4.07. The van der Waals surface area contributed by atoms with Gasteiger partial charge in [-0.3, -0.25) is 4.79 Å². The first-order chi connectivity index (χ1) is 9.56. The Morgan fingerprint density at radius 2 is 2.20 bits per heavy atom. The molecule has 0 fully saturated rings. The molecule has 0 saturated heterocycles. The molecule has 1 heterocycles. The van der Waals surface area contributed by atoms with Crippen molar-refractivity contribution >= 4 is 17.7 Å². The Morgan fingerprint density at radius 1 is 1.45 bits per heavy atom. The first kappa shape index (κ1) is 15.7. The van der Waals surface area contributed by atoms with Gasteiger partial charge < -0.3 is 20.1 Å². The van der Waals surface area contributed by atoms with Gasteiger partial charge in [-0.25, -0.2) is 9.78 Å². The van der Waals surface area contributed by atoms with Gasteiger partial charge in [0, 0.05) is 12.2 Å². The molecule has 7 heteroatoms. The Bertz CT molecular complexity index is 465. The van der Waals surface area contributed by atoms with E-state index in [2.05, 4.69) is 15.6 Å². The van der Waals surface area contributed by atoms with Crippen molar-refractivity contribution in [1.29, 1.82) is 0 Å². The van der Waals surface area contributed by atoms with Crippen LogP contribution in [0.5, 0.6) is 5.88 Å². The first-order valence-electron chi connectivity index (χ1n) is 6.29. The normalized spacial score (nSPS) is 11.3. The average Bonchev–Trinajstić information content (AvgIpc) is 2.39. The molecule has 2 amide bonds.